The molecular weight excluding hydrogens is 647 g/mol. The molecule has 0 aliphatic rings. The van der Waals surface area contributed by atoms with Crippen LogP contribution in [-0.4, -0.2) is 15.0 Å². The second kappa shape index (κ2) is 12.9. The van der Waals surface area contributed by atoms with Crippen LogP contribution in [-0.2, 0) is 0 Å². The topological polar surface area (TPSA) is 51.8 Å². The van der Waals surface area contributed by atoms with Crippen molar-refractivity contribution in [2.75, 3.05) is 0 Å². The zero-order valence-electron chi connectivity index (χ0n) is 28.6. The largest absolute Gasteiger partial charge is 0.456 e. The number of aromatic nitrogens is 3. The van der Waals surface area contributed by atoms with Crippen molar-refractivity contribution in [1.82, 2.24) is 15.0 Å². The number of furan rings is 1. The highest BCUT2D eigenvalue weighted by atomic mass is 16.3. The van der Waals surface area contributed by atoms with E-state index in [-0.39, 0.29) is 0 Å². The summed E-state index contributed by atoms with van der Waals surface area (Å²) in [5.74, 6) is 1.82. The minimum Gasteiger partial charge on any atom is -0.456 e. The highest BCUT2D eigenvalue weighted by Crippen LogP contribution is 2.39. The molecule has 8 aromatic carbocycles. The van der Waals surface area contributed by atoms with Crippen LogP contribution in [0.3, 0.4) is 0 Å². The van der Waals surface area contributed by atoms with Crippen molar-refractivity contribution in [3.63, 3.8) is 0 Å². The van der Waals surface area contributed by atoms with Crippen molar-refractivity contribution in [2.45, 2.75) is 0 Å². The van der Waals surface area contributed by atoms with Crippen LogP contribution in [0.15, 0.2) is 192 Å². The van der Waals surface area contributed by atoms with Gasteiger partial charge in [-0.2, -0.15) is 0 Å². The zero-order chi connectivity index (χ0) is 35.1. The van der Waals surface area contributed by atoms with Crippen LogP contribution in [0.2, 0.25) is 0 Å². The normalized spacial score (nSPS) is 11.4. The lowest BCUT2D eigenvalue weighted by Gasteiger charge is -2.12. The lowest BCUT2D eigenvalue weighted by Crippen LogP contribution is -2.01. The van der Waals surface area contributed by atoms with Crippen LogP contribution in [0.1, 0.15) is 0 Å². The summed E-state index contributed by atoms with van der Waals surface area (Å²) in [4.78, 5) is 15.1. The lowest BCUT2D eigenvalue weighted by molar-refractivity contribution is 0.669. The molecule has 0 unspecified atom stereocenters. The fourth-order valence-electron chi connectivity index (χ4n) is 7.31. The Balaban J connectivity index is 1.07. The minimum atomic E-state index is 0.587. The van der Waals surface area contributed by atoms with E-state index in [0.29, 0.717) is 17.5 Å². The first kappa shape index (κ1) is 30.6. The maximum absolute atomic E-state index is 6.55. The number of hydrogen-bond acceptors (Lipinski definition) is 4. The van der Waals surface area contributed by atoms with Crippen LogP contribution in [0.5, 0.6) is 0 Å². The Morgan fingerprint density at radius 3 is 1.66 bits per heavy atom. The molecule has 10 rings (SSSR count). The first-order chi connectivity index (χ1) is 26.2. The Hall–Kier alpha value is -7.17. The Kier molecular flexibility index (Phi) is 7.43. The molecular formula is C49H31N3O. The highest BCUT2D eigenvalue weighted by molar-refractivity contribution is 6.13. The van der Waals surface area contributed by atoms with Gasteiger partial charge in [-0.3, -0.25) is 0 Å². The van der Waals surface area contributed by atoms with Gasteiger partial charge in [0.05, 0.1) is 0 Å². The van der Waals surface area contributed by atoms with E-state index in [1.165, 1.54) is 21.9 Å². The monoisotopic (exact) mass is 677 g/mol. The quantitative estimate of drug-likeness (QED) is 0.176. The number of fused-ring (bicyclic) bond motifs is 4. The summed E-state index contributed by atoms with van der Waals surface area (Å²) in [5, 5.41) is 4.62. The molecule has 0 radical (unpaired) electrons. The molecule has 53 heavy (non-hydrogen) atoms. The molecule has 0 N–H and O–H groups in total. The number of hydrogen-bond donors (Lipinski definition) is 0. The van der Waals surface area contributed by atoms with Crippen LogP contribution < -0.4 is 0 Å². The average Bonchev–Trinajstić information content (AvgIpc) is 3.62. The summed E-state index contributed by atoms with van der Waals surface area (Å²) in [6, 6.07) is 65.2. The molecule has 0 fully saturated rings. The van der Waals surface area contributed by atoms with Crippen molar-refractivity contribution >= 4 is 32.7 Å². The Bertz CT molecular complexity index is 2930. The van der Waals surface area contributed by atoms with E-state index >= 15 is 0 Å². The first-order valence-electron chi connectivity index (χ1n) is 17.8. The van der Waals surface area contributed by atoms with Gasteiger partial charge in [0.1, 0.15) is 11.2 Å². The van der Waals surface area contributed by atoms with Gasteiger partial charge >= 0.3 is 0 Å². The summed E-state index contributed by atoms with van der Waals surface area (Å²) in [7, 11) is 0. The van der Waals surface area contributed by atoms with E-state index in [0.717, 1.165) is 60.9 Å². The maximum atomic E-state index is 6.55. The second-order valence-electron chi connectivity index (χ2n) is 13.2. The number of nitrogens with zero attached hydrogens (tertiary/aromatic N) is 3. The molecule has 248 valence electrons. The predicted octanol–water partition coefficient (Wildman–Crippen LogP) is 12.9. The summed E-state index contributed by atoms with van der Waals surface area (Å²) < 4.78 is 6.55. The molecule has 0 saturated carbocycles. The number of benzene rings is 8. The third-order valence-electron chi connectivity index (χ3n) is 9.95. The standard InChI is InChI=1S/C49H31N3O/c1-3-13-34(14-4-1)40-18-9-10-19-42(40)49-51-47(36-15-5-2-6-16-36)50-48(52-49)39-28-29-43-45(31-39)53-44-21-11-20-41(46(43)44)35-25-22-33(23-26-35)38-27-24-32-12-7-8-17-37(32)30-38/h1-31H. The molecule has 0 aliphatic heterocycles. The number of rotatable bonds is 6. The fraction of sp³-hybridized carbons (Fsp3) is 0. The van der Waals surface area contributed by atoms with Gasteiger partial charge in [-0.25, -0.2) is 15.0 Å². The molecule has 0 bridgehead atoms. The van der Waals surface area contributed by atoms with Crippen molar-refractivity contribution in [1.29, 1.82) is 0 Å². The van der Waals surface area contributed by atoms with Gasteiger partial charge in [-0.05, 0) is 68.4 Å². The van der Waals surface area contributed by atoms with Gasteiger partial charge < -0.3 is 4.42 Å². The highest BCUT2D eigenvalue weighted by Gasteiger charge is 2.18. The van der Waals surface area contributed by atoms with E-state index in [2.05, 4.69) is 140 Å². The molecule has 2 aromatic heterocycles. The molecule has 4 nitrogen and oxygen atoms in total. The lowest BCUT2D eigenvalue weighted by atomic mass is 9.96. The van der Waals surface area contributed by atoms with Crippen LogP contribution in [0.25, 0.3) is 100 Å². The Morgan fingerprint density at radius 2 is 0.868 bits per heavy atom. The van der Waals surface area contributed by atoms with E-state index in [1.807, 2.05) is 48.5 Å². The van der Waals surface area contributed by atoms with Crippen molar-refractivity contribution < 1.29 is 4.42 Å². The summed E-state index contributed by atoms with van der Waals surface area (Å²) in [5.41, 5.74) is 11.2. The van der Waals surface area contributed by atoms with Crippen LogP contribution in [0.4, 0.5) is 0 Å². The smallest absolute Gasteiger partial charge is 0.164 e. The van der Waals surface area contributed by atoms with Crippen LogP contribution in [0, 0.1) is 0 Å². The van der Waals surface area contributed by atoms with Crippen LogP contribution >= 0.6 is 0 Å². The van der Waals surface area contributed by atoms with E-state index in [9.17, 15) is 0 Å². The van der Waals surface area contributed by atoms with Gasteiger partial charge in [0, 0.05) is 27.5 Å². The second-order valence-corrected chi connectivity index (χ2v) is 13.2. The molecule has 10 aromatic rings. The van der Waals surface area contributed by atoms with Gasteiger partial charge in [-0.1, -0.05) is 164 Å². The molecule has 0 aliphatic carbocycles. The Morgan fingerprint density at radius 1 is 0.302 bits per heavy atom. The Labute approximate surface area is 306 Å². The maximum Gasteiger partial charge on any atom is 0.164 e. The SMILES string of the molecule is c1ccc(-c2nc(-c3ccc4c(c3)oc3cccc(-c5ccc(-c6ccc7ccccc7c6)cc5)c34)nc(-c3ccccc3-c3ccccc3)n2)cc1. The summed E-state index contributed by atoms with van der Waals surface area (Å²) in [6.07, 6.45) is 0. The van der Waals surface area contributed by atoms with Gasteiger partial charge in [-0.15, -0.1) is 0 Å². The fourth-order valence-corrected chi connectivity index (χ4v) is 7.31. The van der Waals surface area contributed by atoms with Gasteiger partial charge in [0.15, 0.2) is 17.5 Å². The molecule has 0 atom stereocenters. The third kappa shape index (κ3) is 5.63. The third-order valence-corrected chi connectivity index (χ3v) is 9.95. The molecule has 2 heterocycles. The predicted molar refractivity (Wildman–Crippen MR) is 217 cm³/mol. The molecule has 0 amide bonds. The van der Waals surface area contributed by atoms with Gasteiger partial charge in [0.25, 0.3) is 0 Å². The first-order valence-corrected chi connectivity index (χ1v) is 17.8. The summed E-state index contributed by atoms with van der Waals surface area (Å²) >= 11 is 0. The summed E-state index contributed by atoms with van der Waals surface area (Å²) in [6.45, 7) is 0. The van der Waals surface area contributed by atoms with Gasteiger partial charge in [0.2, 0.25) is 0 Å². The average molecular weight is 678 g/mol. The van der Waals surface area contributed by atoms with E-state index in [4.69, 9.17) is 19.4 Å². The molecule has 4 heteroatoms. The zero-order valence-corrected chi connectivity index (χ0v) is 28.6. The van der Waals surface area contributed by atoms with Crippen molar-refractivity contribution in [3.8, 4) is 67.5 Å². The van der Waals surface area contributed by atoms with Crippen molar-refractivity contribution in [2.24, 2.45) is 0 Å². The van der Waals surface area contributed by atoms with E-state index < -0.39 is 0 Å². The molecule has 0 saturated heterocycles. The van der Waals surface area contributed by atoms with E-state index in [1.54, 1.807) is 0 Å². The minimum absolute atomic E-state index is 0.587. The molecule has 0 spiro atoms. The van der Waals surface area contributed by atoms with Crippen molar-refractivity contribution in [3.05, 3.63) is 188 Å².